The van der Waals surface area contributed by atoms with Gasteiger partial charge in [-0.1, -0.05) is 25.7 Å². The van der Waals surface area contributed by atoms with E-state index in [0.717, 1.165) is 51.4 Å². The number of hydrogen-bond donors (Lipinski definition) is 0. The fourth-order valence-corrected chi connectivity index (χ4v) is 4.15. The lowest BCUT2D eigenvalue weighted by molar-refractivity contribution is -0.152. The van der Waals surface area contributed by atoms with Crippen molar-refractivity contribution in [3.8, 4) is 0 Å². The average molecular weight is 379 g/mol. The second-order valence-corrected chi connectivity index (χ2v) is 8.11. The van der Waals surface area contributed by atoms with Crippen LogP contribution in [0.2, 0.25) is 0 Å². The van der Waals surface area contributed by atoms with Crippen LogP contribution in [0, 0.1) is 11.8 Å². The van der Waals surface area contributed by atoms with Crippen molar-refractivity contribution >= 4 is 35.1 Å². The van der Waals surface area contributed by atoms with Gasteiger partial charge in [0.1, 0.15) is 0 Å². The van der Waals surface area contributed by atoms with Crippen molar-refractivity contribution in [2.75, 3.05) is 13.2 Å². The number of alkyl halides is 2. The summed E-state index contributed by atoms with van der Waals surface area (Å²) in [7, 11) is 0. The number of ether oxygens (including phenoxy) is 2. The SMILES string of the molecule is O=C(CCC(=O)OCC1CCCCC1Cl)OCC1CCCCC1Cl. The Morgan fingerprint density at radius 3 is 1.46 bits per heavy atom. The molecule has 138 valence electrons. The zero-order valence-corrected chi connectivity index (χ0v) is 15.7. The molecule has 0 amide bonds. The molecule has 6 heteroatoms. The molecule has 2 fully saturated rings. The van der Waals surface area contributed by atoms with Gasteiger partial charge in [-0.2, -0.15) is 0 Å². The van der Waals surface area contributed by atoms with Crippen molar-refractivity contribution in [1.82, 2.24) is 0 Å². The van der Waals surface area contributed by atoms with Gasteiger partial charge in [-0.05, 0) is 25.7 Å². The van der Waals surface area contributed by atoms with Gasteiger partial charge in [0.05, 0.1) is 26.1 Å². The second-order valence-electron chi connectivity index (χ2n) is 6.99. The molecule has 0 aromatic heterocycles. The summed E-state index contributed by atoms with van der Waals surface area (Å²) in [5, 5.41) is 0.186. The van der Waals surface area contributed by atoms with E-state index in [1.807, 2.05) is 0 Å². The molecule has 0 radical (unpaired) electrons. The van der Waals surface area contributed by atoms with Crippen LogP contribution in [0.1, 0.15) is 64.2 Å². The molecule has 2 rings (SSSR count). The summed E-state index contributed by atoms with van der Waals surface area (Å²) >= 11 is 12.5. The van der Waals surface area contributed by atoms with E-state index in [1.165, 1.54) is 0 Å². The van der Waals surface area contributed by atoms with Gasteiger partial charge in [-0.15, -0.1) is 23.2 Å². The Morgan fingerprint density at radius 1 is 0.708 bits per heavy atom. The van der Waals surface area contributed by atoms with E-state index < -0.39 is 0 Å². The molecular weight excluding hydrogens is 351 g/mol. The maximum atomic E-state index is 11.8. The molecule has 4 unspecified atom stereocenters. The summed E-state index contributed by atoms with van der Waals surface area (Å²) < 4.78 is 10.5. The fourth-order valence-electron chi connectivity index (χ4n) is 3.45. The molecular formula is C18H28Cl2O4. The van der Waals surface area contributed by atoms with Crippen molar-refractivity contribution in [3.05, 3.63) is 0 Å². The van der Waals surface area contributed by atoms with Gasteiger partial charge in [-0.25, -0.2) is 0 Å². The summed E-state index contributed by atoms with van der Waals surface area (Å²) in [6.45, 7) is 0.718. The van der Waals surface area contributed by atoms with Crippen molar-refractivity contribution in [1.29, 1.82) is 0 Å². The van der Waals surface area contributed by atoms with Gasteiger partial charge >= 0.3 is 11.9 Å². The molecule has 4 nitrogen and oxygen atoms in total. The first-order valence-corrected chi connectivity index (χ1v) is 10.0. The highest BCUT2D eigenvalue weighted by Gasteiger charge is 2.26. The predicted molar refractivity (Wildman–Crippen MR) is 94.4 cm³/mol. The van der Waals surface area contributed by atoms with Gasteiger partial charge < -0.3 is 9.47 Å². The fraction of sp³-hybridized carbons (Fsp3) is 0.889. The summed E-state index contributed by atoms with van der Waals surface area (Å²) in [5.41, 5.74) is 0. The molecule has 0 aliphatic heterocycles. The lowest BCUT2D eigenvalue weighted by atomic mass is 9.89. The molecule has 0 aromatic rings. The van der Waals surface area contributed by atoms with Crippen LogP contribution in [-0.4, -0.2) is 35.9 Å². The molecule has 4 atom stereocenters. The van der Waals surface area contributed by atoms with Crippen LogP contribution < -0.4 is 0 Å². The van der Waals surface area contributed by atoms with Crippen LogP contribution >= 0.6 is 23.2 Å². The van der Waals surface area contributed by atoms with E-state index in [0.29, 0.717) is 13.2 Å². The smallest absolute Gasteiger partial charge is 0.306 e. The highest BCUT2D eigenvalue weighted by molar-refractivity contribution is 6.21. The molecule has 0 N–H and O–H groups in total. The number of rotatable bonds is 7. The zero-order chi connectivity index (χ0) is 17.4. The number of halogens is 2. The first-order valence-electron chi connectivity index (χ1n) is 9.15. The normalized spacial score (nSPS) is 30.6. The first kappa shape index (κ1) is 19.8. The van der Waals surface area contributed by atoms with Crippen LogP contribution in [0.25, 0.3) is 0 Å². The minimum absolute atomic E-state index is 0.0630. The van der Waals surface area contributed by atoms with E-state index in [1.54, 1.807) is 0 Å². The van der Waals surface area contributed by atoms with Crippen molar-refractivity contribution in [2.24, 2.45) is 11.8 Å². The summed E-state index contributed by atoms with van der Waals surface area (Å²) in [6, 6.07) is 0. The van der Waals surface area contributed by atoms with Gasteiger partial charge in [0.25, 0.3) is 0 Å². The Hall–Kier alpha value is -0.480. The standard InChI is InChI=1S/C18H28Cl2O4/c19-15-7-3-1-5-13(15)11-23-17(21)9-10-18(22)24-12-14-6-2-4-8-16(14)20/h13-16H,1-12H2. The largest absolute Gasteiger partial charge is 0.465 e. The summed E-state index contributed by atoms with van der Waals surface area (Å²) in [5.74, 6) is -0.227. The summed E-state index contributed by atoms with van der Waals surface area (Å²) in [4.78, 5) is 23.5. The predicted octanol–water partition coefficient (Wildman–Crippen LogP) is 4.45. The molecule has 2 aliphatic rings. The quantitative estimate of drug-likeness (QED) is 0.485. The van der Waals surface area contributed by atoms with Crippen LogP contribution in [0.5, 0.6) is 0 Å². The lowest BCUT2D eigenvalue weighted by Crippen LogP contribution is -2.26. The van der Waals surface area contributed by atoms with Crippen LogP contribution in [0.3, 0.4) is 0 Å². The molecule has 0 bridgehead atoms. The molecule has 0 heterocycles. The van der Waals surface area contributed by atoms with Crippen LogP contribution in [0.15, 0.2) is 0 Å². The highest BCUT2D eigenvalue weighted by atomic mass is 35.5. The van der Waals surface area contributed by atoms with Gasteiger partial charge in [0.2, 0.25) is 0 Å². The van der Waals surface area contributed by atoms with E-state index in [9.17, 15) is 9.59 Å². The number of esters is 2. The zero-order valence-electron chi connectivity index (χ0n) is 14.2. The van der Waals surface area contributed by atoms with E-state index >= 15 is 0 Å². The topological polar surface area (TPSA) is 52.6 Å². The number of hydrogen-bond acceptors (Lipinski definition) is 4. The van der Waals surface area contributed by atoms with Gasteiger partial charge in [-0.3, -0.25) is 9.59 Å². The number of carbonyl (C=O) groups excluding carboxylic acids is 2. The second kappa shape index (κ2) is 10.5. The van der Waals surface area contributed by atoms with Gasteiger partial charge in [0, 0.05) is 22.6 Å². The maximum Gasteiger partial charge on any atom is 0.306 e. The minimum atomic E-state index is -0.353. The summed E-state index contributed by atoms with van der Waals surface area (Å²) in [6.07, 6.45) is 8.68. The molecule has 2 aliphatic carbocycles. The first-order chi connectivity index (χ1) is 11.6. The Kier molecular flexibility index (Phi) is 8.68. The molecule has 0 aromatic carbocycles. The van der Waals surface area contributed by atoms with Crippen molar-refractivity contribution < 1.29 is 19.1 Å². The van der Waals surface area contributed by atoms with Crippen LogP contribution in [0.4, 0.5) is 0 Å². The molecule has 0 spiro atoms. The maximum absolute atomic E-state index is 11.8. The highest BCUT2D eigenvalue weighted by Crippen LogP contribution is 2.29. The third kappa shape index (κ3) is 6.79. The third-order valence-electron chi connectivity index (χ3n) is 5.08. The van der Waals surface area contributed by atoms with E-state index in [4.69, 9.17) is 32.7 Å². The average Bonchev–Trinajstić information content (AvgIpc) is 2.58. The van der Waals surface area contributed by atoms with E-state index in [-0.39, 0.29) is 47.4 Å². The Bertz CT molecular complexity index is 378. The lowest BCUT2D eigenvalue weighted by Gasteiger charge is -2.26. The van der Waals surface area contributed by atoms with E-state index in [2.05, 4.69) is 0 Å². The minimum Gasteiger partial charge on any atom is -0.465 e. The van der Waals surface area contributed by atoms with Crippen LogP contribution in [-0.2, 0) is 19.1 Å². The Morgan fingerprint density at radius 2 is 1.08 bits per heavy atom. The molecule has 24 heavy (non-hydrogen) atoms. The van der Waals surface area contributed by atoms with Gasteiger partial charge in [0.15, 0.2) is 0 Å². The Labute approximate surface area is 154 Å². The third-order valence-corrected chi connectivity index (χ3v) is 6.23. The molecule has 2 saturated carbocycles. The number of carbonyl (C=O) groups is 2. The van der Waals surface area contributed by atoms with Crippen molar-refractivity contribution in [3.63, 3.8) is 0 Å². The monoisotopic (exact) mass is 378 g/mol. The molecule has 0 saturated heterocycles. The Balaban J connectivity index is 1.56. The van der Waals surface area contributed by atoms with Crippen molar-refractivity contribution in [2.45, 2.75) is 75.0 Å².